The molecule has 1 aromatic heterocycles. The highest BCUT2D eigenvalue weighted by atomic mass is 16.3. The summed E-state index contributed by atoms with van der Waals surface area (Å²) < 4.78 is 5.60. The van der Waals surface area contributed by atoms with Crippen LogP contribution in [0.15, 0.2) is 40.0 Å². The molecule has 162 valence electrons. The zero-order chi connectivity index (χ0) is 23.3. The molecule has 0 saturated carbocycles. The number of aliphatic hydroxyl groups excluding tert-OH is 1. The maximum Gasteiger partial charge on any atom is 0.269 e. The number of Topliss-reactive ketones (excluding diaryl/α,β-unsaturated/α-hetero) is 1. The second-order valence-corrected chi connectivity index (χ2v) is 6.94. The predicted molar refractivity (Wildman–Crippen MR) is 117 cm³/mol. The molecule has 8 heteroatoms. The maximum atomic E-state index is 12.4. The van der Waals surface area contributed by atoms with E-state index in [0.29, 0.717) is 35.2 Å². The van der Waals surface area contributed by atoms with Gasteiger partial charge in [-0.1, -0.05) is 6.07 Å². The van der Waals surface area contributed by atoms with Crippen molar-refractivity contribution in [2.45, 2.75) is 34.6 Å². The van der Waals surface area contributed by atoms with Crippen LogP contribution < -0.4 is 5.32 Å². The van der Waals surface area contributed by atoms with E-state index >= 15 is 0 Å². The molecule has 0 atom stereocenters. The summed E-state index contributed by atoms with van der Waals surface area (Å²) in [5.74, 6) is -1.90. The molecule has 2 N–H and O–H groups in total. The van der Waals surface area contributed by atoms with E-state index in [-0.39, 0.29) is 17.4 Å². The van der Waals surface area contributed by atoms with Crippen LogP contribution in [0.5, 0.6) is 0 Å². The third kappa shape index (κ3) is 5.01. The largest absolute Gasteiger partial charge is 0.511 e. The van der Waals surface area contributed by atoms with E-state index in [1.54, 1.807) is 36.1 Å². The molecule has 8 nitrogen and oxygen atoms in total. The molecule has 0 fully saturated rings. The van der Waals surface area contributed by atoms with Crippen molar-refractivity contribution in [3.05, 3.63) is 46.9 Å². The molecule has 2 rings (SSSR count). The molecule has 1 aromatic carbocycles. The summed E-state index contributed by atoms with van der Waals surface area (Å²) in [6.07, 6.45) is 1.53. The van der Waals surface area contributed by atoms with Crippen LogP contribution in [0, 0.1) is 11.3 Å². The number of hydrogen-bond donors (Lipinski definition) is 2. The van der Waals surface area contributed by atoms with Gasteiger partial charge in [0.05, 0.1) is 5.69 Å². The van der Waals surface area contributed by atoms with Crippen LogP contribution in [-0.2, 0) is 9.59 Å². The number of hydrogen-bond acceptors (Lipinski definition) is 6. The molecule has 0 aliphatic carbocycles. The summed E-state index contributed by atoms with van der Waals surface area (Å²) >= 11 is 0. The van der Waals surface area contributed by atoms with Gasteiger partial charge in [-0.15, -0.1) is 0 Å². The first kappa shape index (κ1) is 23.4. The lowest BCUT2D eigenvalue weighted by molar-refractivity contribution is -0.125. The molecular formula is C23H25N3O5. The minimum atomic E-state index is -0.859. The second-order valence-electron chi connectivity index (χ2n) is 6.94. The van der Waals surface area contributed by atoms with E-state index in [9.17, 15) is 19.5 Å². The van der Waals surface area contributed by atoms with Crippen LogP contribution in [0.1, 0.15) is 50.7 Å². The lowest BCUT2D eigenvalue weighted by atomic mass is 10.0. The second kappa shape index (κ2) is 9.76. The minimum Gasteiger partial charge on any atom is -0.511 e. The highest BCUT2D eigenvalue weighted by Gasteiger charge is 2.23. The van der Waals surface area contributed by atoms with Gasteiger partial charge < -0.3 is 19.7 Å². The summed E-state index contributed by atoms with van der Waals surface area (Å²) in [7, 11) is 0. The number of nitrogens with zero attached hydrogens (tertiary/aromatic N) is 2. The quantitative estimate of drug-likeness (QED) is 0.298. The number of furan rings is 1. The Balaban J connectivity index is 2.57. The molecule has 0 aliphatic rings. The third-order valence-electron chi connectivity index (χ3n) is 4.82. The zero-order valence-corrected chi connectivity index (χ0v) is 18.2. The smallest absolute Gasteiger partial charge is 0.269 e. The molecule has 2 aromatic rings. The van der Waals surface area contributed by atoms with Crippen molar-refractivity contribution in [1.82, 2.24) is 4.90 Å². The fourth-order valence-electron chi connectivity index (χ4n) is 3.08. The Hall–Kier alpha value is -3.86. The van der Waals surface area contributed by atoms with Crippen molar-refractivity contribution in [3.63, 3.8) is 0 Å². The average Bonchev–Trinajstić information content (AvgIpc) is 3.07. The number of aliphatic hydroxyl groups is 1. The molecule has 0 unspecified atom stereocenters. The summed E-state index contributed by atoms with van der Waals surface area (Å²) in [6.45, 7) is 9.29. The van der Waals surface area contributed by atoms with Gasteiger partial charge in [-0.25, -0.2) is 0 Å². The van der Waals surface area contributed by atoms with Gasteiger partial charge in [-0.05, 0) is 51.0 Å². The van der Waals surface area contributed by atoms with Crippen molar-refractivity contribution in [1.29, 1.82) is 5.26 Å². The fraction of sp³-hybridized carbons (Fsp3) is 0.304. The lowest BCUT2D eigenvalue weighted by Crippen LogP contribution is -2.28. The summed E-state index contributed by atoms with van der Waals surface area (Å²) in [6, 6.07) is 6.73. The van der Waals surface area contributed by atoms with Gasteiger partial charge in [-0.2, -0.15) is 5.26 Å². The van der Waals surface area contributed by atoms with Crippen LogP contribution in [0.3, 0.4) is 0 Å². The molecule has 0 saturated heterocycles. The van der Waals surface area contributed by atoms with Crippen LogP contribution in [-0.4, -0.2) is 40.7 Å². The van der Waals surface area contributed by atoms with E-state index in [4.69, 9.17) is 9.68 Å². The summed E-state index contributed by atoms with van der Waals surface area (Å²) in [5, 5.41) is 21.6. The number of carbonyl (C=O) groups excluding carboxylic acids is 3. The number of nitrogens with one attached hydrogen (secondary N) is 1. The fourth-order valence-corrected chi connectivity index (χ4v) is 3.08. The van der Waals surface area contributed by atoms with Gasteiger partial charge in [-0.3, -0.25) is 14.4 Å². The van der Waals surface area contributed by atoms with E-state index in [0.717, 1.165) is 0 Å². The Morgan fingerprint density at radius 3 is 2.35 bits per heavy atom. The number of amides is 2. The standard InChI is InChI=1S/C23H25N3O5/c1-6-26(7-2)20(29)10-13(3)16-8-9-19-17(11-16)21(22(31-19)15(5)28)25-23(30)18(12-24)14(4)27/h8-11,27H,6-7H2,1-5H3,(H,25,30)/b13-10+,18-14-. The number of anilines is 1. The molecule has 2 amide bonds. The van der Waals surface area contributed by atoms with Crippen LogP contribution in [0.4, 0.5) is 5.69 Å². The number of nitriles is 1. The number of carbonyl (C=O) groups is 3. The topological polar surface area (TPSA) is 124 Å². The molecule has 0 bridgehead atoms. The lowest BCUT2D eigenvalue weighted by Gasteiger charge is -2.16. The zero-order valence-electron chi connectivity index (χ0n) is 18.2. The van der Waals surface area contributed by atoms with Gasteiger partial charge in [0.1, 0.15) is 17.4 Å². The number of allylic oxidation sites excluding steroid dienone is 2. The van der Waals surface area contributed by atoms with Gasteiger partial charge >= 0.3 is 0 Å². The monoisotopic (exact) mass is 423 g/mol. The Bertz CT molecular complexity index is 1140. The van der Waals surface area contributed by atoms with Gasteiger partial charge in [0.15, 0.2) is 17.1 Å². The first-order valence-corrected chi connectivity index (χ1v) is 9.80. The molecule has 0 spiro atoms. The Kier molecular flexibility index (Phi) is 7.37. The van der Waals surface area contributed by atoms with E-state index in [1.165, 1.54) is 19.9 Å². The number of rotatable bonds is 7. The first-order valence-electron chi connectivity index (χ1n) is 9.80. The van der Waals surface area contributed by atoms with Gasteiger partial charge in [0.2, 0.25) is 5.91 Å². The number of likely N-dealkylation sites (N-methyl/N-ethyl adjacent to an activating group) is 1. The minimum absolute atomic E-state index is 0.0748. The SMILES string of the molecule is CCN(CC)C(=O)/C=C(\C)c1ccc2oc(C(C)=O)c(NC(=O)/C(C#N)=C(/C)O)c2c1. The molecular weight excluding hydrogens is 398 g/mol. The molecule has 0 aliphatic heterocycles. The van der Waals surface area contributed by atoms with Crippen LogP contribution >= 0.6 is 0 Å². The van der Waals surface area contributed by atoms with E-state index < -0.39 is 23.0 Å². The Morgan fingerprint density at radius 2 is 1.84 bits per heavy atom. The van der Waals surface area contributed by atoms with E-state index in [1.807, 2.05) is 13.8 Å². The van der Waals surface area contributed by atoms with Gasteiger partial charge in [0.25, 0.3) is 5.91 Å². The average molecular weight is 423 g/mol. The molecule has 0 radical (unpaired) electrons. The van der Waals surface area contributed by atoms with Crippen molar-refractivity contribution in [2.24, 2.45) is 0 Å². The Labute approximate surface area is 180 Å². The highest BCUT2D eigenvalue weighted by Crippen LogP contribution is 2.34. The van der Waals surface area contributed by atoms with Gasteiger partial charge in [0, 0.05) is 31.5 Å². The van der Waals surface area contributed by atoms with Crippen molar-refractivity contribution in [2.75, 3.05) is 18.4 Å². The predicted octanol–water partition coefficient (Wildman–Crippen LogP) is 4.20. The molecule has 31 heavy (non-hydrogen) atoms. The summed E-state index contributed by atoms with van der Waals surface area (Å²) in [4.78, 5) is 38.6. The Morgan fingerprint density at radius 1 is 1.19 bits per heavy atom. The van der Waals surface area contributed by atoms with Crippen molar-refractivity contribution in [3.8, 4) is 6.07 Å². The summed E-state index contributed by atoms with van der Waals surface area (Å²) in [5.41, 5.74) is 1.39. The third-order valence-corrected chi connectivity index (χ3v) is 4.82. The maximum absolute atomic E-state index is 12.4. The number of fused-ring (bicyclic) bond motifs is 1. The van der Waals surface area contributed by atoms with Crippen molar-refractivity contribution < 1.29 is 23.9 Å². The van der Waals surface area contributed by atoms with Crippen LogP contribution in [0.2, 0.25) is 0 Å². The van der Waals surface area contributed by atoms with Crippen molar-refractivity contribution >= 4 is 39.8 Å². The van der Waals surface area contributed by atoms with E-state index in [2.05, 4.69) is 5.32 Å². The number of benzene rings is 1. The first-order chi connectivity index (χ1) is 14.6. The molecule has 1 heterocycles. The normalized spacial score (nSPS) is 12.2. The number of ketones is 1. The highest BCUT2D eigenvalue weighted by molar-refractivity contribution is 6.15. The van der Waals surface area contributed by atoms with Crippen LogP contribution in [0.25, 0.3) is 16.5 Å².